The highest BCUT2D eigenvalue weighted by Gasteiger charge is 2.32. The topological polar surface area (TPSA) is 139 Å². The van der Waals surface area contributed by atoms with Gasteiger partial charge in [-0.15, -0.1) is 0 Å². The lowest BCUT2D eigenvalue weighted by Crippen LogP contribution is -2.23. The maximum absolute atomic E-state index is 13.0. The molecule has 0 bridgehead atoms. The van der Waals surface area contributed by atoms with E-state index in [4.69, 9.17) is 21.1 Å². The number of aromatic hydroxyl groups is 1. The average Bonchev–Trinajstić information content (AvgIpc) is 2.96. The highest BCUT2D eigenvalue weighted by molar-refractivity contribution is 6.34. The summed E-state index contributed by atoms with van der Waals surface area (Å²) in [6.07, 6.45) is 1.33. The van der Waals surface area contributed by atoms with Crippen LogP contribution in [-0.4, -0.2) is 40.4 Å². The van der Waals surface area contributed by atoms with E-state index in [2.05, 4.69) is 12.2 Å². The van der Waals surface area contributed by atoms with Crippen molar-refractivity contribution >= 4 is 40.9 Å². The summed E-state index contributed by atoms with van der Waals surface area (Å²) >= 11 is 6.27. The zero-order valence-corrected chi connectivity index (χ0v) is 28.8. The molecule has 1 amide bonds. The molecular weight excluding hydrogens is 622 g/mol. The number of ketones is 1. The number of unbranched alkanes of at least 4 members (excludes halogenated alkanes) is 1. The monoisotopic (exact) mass is 665 g/mol. The molecule has 3 N–H and O–H groups in total. The smallest absolute Gasteiger partial charge is 0.335 e. The Morgan fingerprint density at radius 3 is 2.11 bits per heavy atom. The van der Waals surface area contributed by atoms with Crippen molar-refractivity contribution < 1.29 is 38.9 Å². The van der Waals surface area contributed by atoms with Gasteiger partial charge in [0.25, 0.3) is 0 Å². The minimum atomic E-state index is -1.16. The van der Waals surface area contributed by atoms with E-state index in [0.29, 0.717) is 34.6 Å². The Bertz CT molecular complexity index is 1630. The van der Waals surface area contributed by atoms with Crippen LogP contribution < -0.4 is 14.8 Å². The van der Waals surface area contributed by atoms with Gasteiger partial charge in [-0.25, -0.2) is 4.79 Å². The maximum atomic E-state index is 13.0. The van der Waals surface area contributed by atoms with Crippen LogP contribution in [0.15, 0.2) is 48.5 Å². The van der Waals surface area contributed by atoms with Crippen molar-refractivity contribution in [2.75, 3.05) is 11.9 Å². The number of esters is 1. The molecule has 0 atom stereocenters. The van der Waals surface area contributed by atoms with Crippen molar-refractivity contribution in [1.29, 1.82) is 0 Å². The summed E-state index contributed by atoms with van der Waals surface area (Å²) < 4.78 is 11.1. The van der Waals surface area contributed by atoms with Crippen LogP contribution >= 0.6 is 11.6 Å². The number of amides is 1. The van der Waals surface area contributed by atoms with Gasteiger partial charge in [-0.2, -0.15) is 0 Å². The molecule has 0 aliphatic heterocycles. The lowest BCUT2D eigenvalue weighted by molar-refractivity contribution is -0.134. The third-order valence-corrected chi connectivity index (χ3v) is 7.81. The first-order valence-corrected chi connectivity index (χ1v) is 16.0. The van der Waals surface area contributed by atoms with E-state index in [1.807, 2.05) is 41.5 Å². The van der Waals surface area contributed by atoms with Crippen LogP contribution in [0.4, 0.5) is 5.69 Å². The molecule has 0 saturated carbocycles. The van der Waals surface area contributed by atoms with E-state index < -0.39 is 40.9 Å². The van der Waals surface area contributed by atoms with E-state index in [1.54, 1.807) is 24.3 Å². The summed E-state index contributed by atoms with van der Waals surface area (Å²) in [7, 11) is 0. The molecule has 0 aliphatic carbocycles. The first-order chi connectivity index (χ1) is 21.9. The molecule has 0 aromatic heterocycles. The highest BCUT2D eigenvalue weighted by atomic mass is 35.5. The van der Waals surface area contributed by atoms with Gasteiger partial charge in [-0.3, -0.25) is 14.4 Å². The number of phenols is 1. The quantitative estimate of drug-likeness (QED) is 0.0545. The number of phenolic OH excluding ortho intramolecular Hbond substituents is 1. The summed E-state index contributed by atoms with van der Waals surface area (Å²) in [6, 6.07) is 12.3. The number of hydrogen-bond donors (Lipinski definition) is 3. The van der Waals surface area contributed by atoms with Gasteiger partial charge < -0.3 is 25.0 Å². The molecule has 10 heteroatoms. The molecule has 0 heterocycles. The third kappa shape index (κ3) is 10.1. The van der Waals surface area contributed by atoms with Crippen molar-refractivity contribution in [3.63, 3.8) is 0 Å². The van der Waals surface area contributed by atoms with E-state index in [0.717, 1.165) is 12.8 Å². The summed E-state index contributed by atoms with van der Waals surface area (Å²) in [6.45, 7) is 13.9. The number of carboxylic acid groups (broad SMARTS) is 1. The van der Waals surface area contributed by atoms with Gasteiger partial charge in [0.2, 0.25) is 5.91 Å². The Labute approximate surface area is 281 Å². The summed E-state index contributed by atoms with van der Waals surface area (Å²) in [5.41, 5.74) is 0.735. The normalized spacial score (nSPS) is 11.6. The number of anilines is 1. The Morgan fingerprint density at radius 1 is 0.894 bits per heavy atom. The summed E-state index contributed by atoms with van der Waals surface area (Å²) in [4.78, 5) is 50.7. The molecular formula is C37H44ClNO8. The van der Waals surface area contributed by atoms with Crippen molar-refractivity contribution in [1.82, 2.24) is 0 Å². The molecule has 252 valence electrons. The Kier molecular flexibility index (Phi) is 12.2. The highest BCUT2D eigenvalue weighted by Crippen LogP contribution is 2.43. The number of halogens is 1. The van der Waals surface area contributed by atoms with Gasteiger partial charge >= 0.3 is 11.9 Å². The number of Topliss-reactive ketones (excluding diaryl/α,β-unsaturated/α-hetero) is 1. The minimum absolute atomic E-state index is 0.0101. The second kappa shape index (κ2) is 15.5. The SMILES string of the molecule is CCCCOc1ccc(C(=O)CC(=O)Nc2cc(OC(=O)CCc3c(C(=O)O)cc(C(C)(C)C)c(O)c3C(C)(C)C)ccc2Cl)cc1. The molecule has 0 spiro atoms. The van der Waals surface area contributed by atoms with Crippen LogP contribution in [0.3, 0.4) is 0 Å². The van der Waals surface area contributed by atoms with Crippen molar-refractivity contribution in [2.45, 2.75) is 91.4 Å². The Balaban J connectivity index is 1.71. The molecule has 3 aromatic rings. The first-order valence-electron chi connectivity index (χ1n) is 15.6. The molecule has 47 heavy (non-hydrogen) atoms. The fourth-order valence-corrected chi connectivity index (χ4v) is 5.29. The van der Waals surface area contributed by atoms with Crippen molar-refractivity contribution in [3.8, 4) is 17.2 Å². The number of carboxylic acids is 1. The number of benzene rings is 3. The Morgan fingerprint density at radius 2 is 1.53 bits per heavy atom. The first kappa shape index (κ1) is 37.1. The van der Waals surface area contributed by atoms with Crippen LogP contribution in [0.5, 0.6) is 17.2 Å². The van der Waals surface area contributed by atoms with Gasteiger partial charge in [-0.1, -0.05) is 66.5 Å². The number of rotatable bonds is 13. The molecule has 0 unspecified atom stereocenters. The van der Waals surface area contributed by atoms with Gasteiger partial charge in [0.15, 0.2) is 5.78 Å². The fourth-order valence-electron chi connectivity index (χ4n) is 5.13. The van der Waals surface area contributed by atoms with Gasteiger partial charge in [0.05, 0.1) is 35.7 Å². The Hall–Kier alpha value is -4.37. The van der Waals surface area contributed by atoms with Crippen molar-refractivity contribution in [3.05, 3.63) is 81.4 Å². The average molecular weight is 666 g/mol. The predicted molar refractivity (Wildman–Crippen MR) is 182 cm³/mol. The van der Waals surface area contributed by atoms with Crippen LogP contribution in [0, 0.1) is 0 Å². The second-order valence-electron chi connectivity index (χ2n) is 13.5. The van der Waals surface area contributed by atoms with E-state index >= 15 is 0 Å². The summed E-state index contributed by atoms with van der Waals surface area (Å²) in [5.74, 6) is -2.04. The van der Waals surface area contributed by atoms with Gasteiger partial charge in [0, 0.05) is 22.8 Å². The zero-order chi connectivity index (χ0) is 35.1. The minimum Gasteiger partial charge on any atom is -0.507 e. The van der Waals surface area contributed by atoms with E-state index in [9.17, 15) is 29.4 Å². The molecule has 3 rings (SSSR count). The largest absolute Gasteiger partial charge is 0.507 e. The van der Waals surface area contributed by atoms with Crippen LogP contribution in [0.1, 0.15) is 112 Å². The number of aromatic carboxylic acids is 1. The van der Waals surface area contributed by atoms with Gasteiger partial charge in [0.1, 0.15) is 17.2 Å². The molecule has 0 radical (unpaired) electrons. The predicted octanol–water partition coefficient (Wildman–Crippen LogP) is 8.27. The number of ether oxygens (including phenoxy) is 2. The third-order valence-electron chi connectivity index (χ3n) is 7.48. The number of carbonyl (C=O) groups excluding carboxylic acids is 3. The number of nitrogens with one attached hydrogen (secondary N) is 1. The molecule has 3 aromatic carbocycles. The number of hydrogen-bond acceptors (Lipinski definition) is 7. The lowest BCUT2D eigenvalue weighted by Gasteiger charge is -2.30. The maximum Gasteiger partial charge on any atom is 0.335 e. The lowest BCUT2D eigenvalue weighted by atomic mass is 9.75. The van der Waals surface area contributed by atoms with E-state index in [-0.39, 0.29) is 40.6 Å². The second-order valence-corrected chi connectivity index (χ2v) is 13.9. The standard InChI is InChI=1S/C37H44ClNO8/c1-8-9-18-46-23-12-10-22(11-13-23)30(40)21-31(41)39-29-19-24(14-16-28(29)38)47-32(42)17-15-25-26(35(44)45)20-27(36(2,3)4)34(43)33(25)37(5,6)7/h10-14,16,19-20,43H,8-9,15,17-18,21H2,1-7H3,(H,39,41)(H,44,45). The van der Waals surface area contributed by atoms with Crippen LogP contribution in [0.2, 0.25) is 5.02 Å². The van der Waals surface area contributed by atoms with Crippen LogP contribution in [-0.2, 0) is 26.8 Å². The van der Waals surface area contributed by atoms with E-state index in [1.165, 1.54) is 24.3 Å². The molecule has 9 nitrogen and oxygen atoms in total. The van der Waals surface area contributed by atoms with Gasteiger partial charge in [-0.05, 0) is 71.7 Å². The summed E-state index contributed by atoms with van der Waals surface area (Å²) in [5, 5.41) is 24.1. The molecule has 0 saturated heterocycles. The molecule has 0 aliphatic rings. The van der Waals surface area contributed by atoms with Crippen molar-refractivity contribution in [2.24, 2.45) is 0 Å². The fraction of sp³-hybridized carbons (Fsp3) is 0.405. The number of carbonyl (C=O) groups is 4. The van der Waals surface area contributed by atoms with Crippen LogP contribution in [0.25, 0.3) is 0 Å². The molecule has 0 fully saturated rings. The zero-order valence-electron chi connectivity index (χ0n) is 28.1.